The summed E-state index contributed by atoms with van der Waals surface area (Å²) in [5.41, 5.74) is 3.15. The SMILES string of the molecule is CS(=O)(=O)N1C[C@@H](C(=O)Nc2ccc(Cc3ccncc3)cc2)Oc2ccc(Cl)cc21. The largest absolute Gasteiger partial charge is 0.476 e. The van der Waals surface area contributed by atoms with E-state index in [4.69, 9.17) is 16.3 Å². The molecule has 1 aliphatic rings. The zero-order chi connectivity index (χ0) is 22.0. The lowest BCUT2D eigenvalue weighted by molar-refractivity contribution is -0.122. The number of fused-ring (bicyclic) bond motifs is 1. The number of hydrogen-bond acceptors (Lipinski definition) is 5. The monoisotopic (exact) mass is 457 g/mol. The van der Waals surface area contributed by atoms with Gasteiger partial charge in [0.1, 0.15) is 5.75 Å². The van der Waals surface area contributed by atoms with Crippen LogP contribution < -0.4 is 14.4 Å². The van der Waals surface area contributed by atoms with Gasteiger partial charge in [-0.05, 0) is 60.0 Å². The van der Waals surface area contributed by atoms with Crippen LogP contribution >= 0.6 is 11.6 Å². The van der Waals surface area contributed by atoms with Gasteiger partial charge in [0.15, 0.2) is 6.10 Å². The fraction of sp³-hybridized carbons (Fsp3) is 0.182. The maximum absolute atomic E-state index is 12.8. The van der Waals surface area contributed by atoms with Crippen molar-refractivity contribution >= 4 is 38.9 Å². The number of rotatable bonds is 5. The van der Waals surface area contributed by atoms with Crippen molar-refractivity contribution in [3.8, 4) is 5.75 Å². The molecule has 9 heteroatoms. The Balaban J connectivity index is 1.48. The lowest BCUT2D eigenvalue weighted by atomic mass is 10.1. The van der Waals surface area contributed by atoms with Gasteiger partial charge in [-0.3, -0.25) is 14.1 Å². The molecule has 1 aliphatic heterocycles. The number of amides is 1. The number of halogens is 1. The third-order valence-corrected chi connectivity index (χ3v) is 6.24. The molecule has 0 saturated heterocycles. The van der Waals surface area contributed by atoms with Gasteiger partial charge < -0.3 is 10.1 Å². The van der Waals surface area contributed by atoms with E-state index in [1.807, 2.05) is 24.3 Å². The number of aromatic nitrogens is 1. The second-order valence-electron chi connectivity index (χ2n) is 7.23. The van der Waals surface area contributed by atoms with Crippen molar-refractivity contribution in [2.45, 2.75) is 12.5 Å². The van der Waals surface area contributed by atoms with Crippen molar-refractivity contribution in [1.29, 1.82) is 0 Å². The predicted molar refractivity (Wildman–Crippen MR) is 120 cm³/mol. The van der Waals surface area contributed by atoms with Crippen LogP contribution in [0.5, 0.6) is 5.75 Å². The molecule has 0 spiro atoms. The first-order chi connectivity index (χ1) is 14.8. The summed E-state index contributed by atoms with van der Waals surface area (Å²) in [6.07, 6.45) is 4.34. The molecule has 1 N–H and O–H groups in total. The molecule has 0 unspecified atom stereocenters. The highest BCUT2D eigenvalue weighted by Gasteiger charge is 2.35. The van der Waals surface area contributed by atoms with Crippen LogP contribution in [0.25, 0.3) is 0 Å². The first-order valence-electron chi connectivity index (χ1n) is 9.52. The minimum absolute atomic E-state index is 0.141. The number of benzene rings is 2. The van der Waals surface area contributed by atoms with Crippen molar-refractivity contribution in [1.82, 2.24) is 4.98 Å². The lowest BCUT2D eigenvalue weighted by Gasteiger charge is -2.34. The molecule has 0 saturated carbocycles. The molecule has 2 aromatic carbocycles. The van der Waals surface area contributed by atoms with Gasteiger partial charge in [-0.25, -0.2) is 8.42 Å². The Morgan fingerprint density at radius 3 is 2.48 bits per heavy atom. The Bertz CT molecular complexity index is 1200. The van der Waals surface area contributed by atoms with Crippen LogP contribution in [0.15, 0.2) is 67.0 Å². The average Bonchev–Trinajstić information content (AvgIpc) is 2.74. The molecule has 0 radical (unpaired) electrons. The fourth-order valence-electron chi connectivity index (χ4n) is 3.34. The Kier molecular flexibility index (Phi) is 5.84. The van der Waals surface area contributed by atoms with Crippen molar-refractivity contribution in [3.63, 3.8) is 0 Å². The van der Waals surface area contributed by atoms with Gasteiger partial charge in [0.25, 0.3) is 5.91 Å². The maximum Gasteiger partial charge on any atom is 0.267 e. The van der Waals surface area contributed by atoms with E-state index in [2.05, 4.69) is 10.3 Å². The molecule has 2 heterocycles. The standard InChI is InChI=1S/C22H20ClN3O4S/c1-31(28,29)26-14-21(30-20-7-4-17(23)13-19(20)26)22(27)25-18-5-2-15(3-6-18)12-16-8-10-24-11-9-16/h2-11,13,21H,12,14H2,1H3,(H,25,27)/t21-/m0/s1. The molecule has 0 bridgehead atoms. The molecule has 7 nitrogen and oxygen atoms in total. The summed E-state index contributed by atoms with van der Waals surface area (Å²) in [5, 5.41) is 3.18. The smallest absolute Gasteiger partial charge is 0.267 e. The minimum Gasteiger partial charge on any atom is -0.476 e. The molecule has 4 rings (SSSR count). The van der Waals surface area contributed by atoms with E-state index in [-0.39, 0.29) is 12.3 Å². The van der Waals surface area contributed by atoms with Gasteiger partial charge in [-0.1, -0.05) is 23.7 Å². The molecule has 1 atom stereocenters. The number of pyridine rings is 1. The van der Waals surface area contributed by atoms with E-state index in [1.165, 1.54) is 6.07 Å². The van der Waals surface area contributed by atoms with E-state index < -0.39 is 22.0 Å². The van der Waals surface area contributed by atoms with Gasteiger partial charge in [0.2, 0.25) is 10.0 Å². The Morgan fingerprint density at radius 1 is 1.13 bits per heavy atom. The van der Waals surface area contributed by atoms with Crippen molar-refractivity contribution < 1.29 is 17.9 Å². The van der Waals surface area contributed by atoms with Gasteiger partial charge in [-0.2, -0.15) is 0 Å². The summed E-state index contributed by atoms with van der Waals surface area (Å²) in [5.74, 6) is -0.148. The van der Waals surface area contributed by atoms with Crippen molar-refractivity contribution in [2.75, 3.05) is 22.4 Å². The summed E-state index contributed by atoms with van der Waals surface area (Å²) in [6, 6.07) is 16.0. The molecular weight excluding hydrogens is 438 g/mol. The van der Waals surface area contributed by atoms with Gasteiger partial charge >= 0.3 is 0 Å². The van der Waals surface area contributed by atoms with E-state index >= 15 is 0 Å². The summed E-state index contributed by atoms with van der Waals surface area (Å²) in [7, 11) is -3.62. The van der Waals surface area contributed by atoms with E-state index in [1.54, 1.807) is 36.7 Å². The van der Waals surface area contributed by atoms with Gasteiger partial charge in [0.05, 0.1) is 18.5 Å². The normalized spacial score (nSPS) is 15.7. The lowest BCUT2D eigenvalue weighted by Crippen LogP contribution is -2.48. The number of anilines is 2. The summed E-state index contributed by atoms with van der Waals surface area (Å²) in [4.78, 5) is 16.8. The van der Waals surface area contributed by atoms with E-state index in [9.17, 15) is 13.2 Å². The molecular formula is C22H20ClN3O4S. The minimum atomic E-state index is -3.62. The highest BCUT2D eigenvalue weighted by Crippen LogP contribution is 2.37. The second kappa shape index (κ2) is 8.56. The van der Waals surface area contributed by atoms with Crippen LogP contribution in [-0.4, -0.2) is 38.2 Å². The topological polar surface area (TPSA) is 88.6 Å². The molecule has 3 aromatic rings. The first-order valence-corrected chi connectivity index (χ1v) is 11.7. The first kappa shape index (κ1) is 21.1. The Hall–Kier alpha value is -3.10. The Morgan fingerprint density at radius 2 is 1.81 bits per heavy atom. The third-order valence-electron chi connectivity index (χ3n) is 4.86. The number of nitrogens with zero attached hydrogens (tertiary/aromatic N) is 2. The Labute approximate surface area is 185 Å². The highest BCUT2D eigenvalue weighted by atomic mass is 35.5. The highest BCUT2D eigenvalue weighted by molar-refractivity contribution is 7.92. The third kappa shape index (κ3) is 4.98. The molecule has 1 aromatic heterocycles. The predicted octanol–water partition coefficient (Wildman–Crippen LogP) is 3.49. The van der Waals surface area contributed by atoms with Crippen molar-refractivity contribution in [3.05, 3.63) is 83.1 Å². The summed E-state index contributed by atoms with van der Waals surface area (Å²) >= 11 is 6.00. The van der Waals surface area contributed by atoms with E-state index in [0.29, 0.717) is 16.4 Å². The zero-order valence-electron chi connectivity index (χ0n) is 16.7. The van der Waals surface area contributed by atoms with Gasteiger partial charge in [0, 0.05) is 23.1 Å². The van der Waals surface area contributed by atoms with Crippen LogP contribution in [0, 0.1) is 0 Å². The molecule has 0 fully saturated rings. The zero-order valence-corrected chi connectivity index (χ0v) is 18.2. The van der Waals surface area contributed by atoms with Crippen LogP contribution in [-0.2, 0) is 21.2 Å². The molecule has 1 amide bonds. The number of hydrogen-bond donors (Lipinski definition) is 1. The molecule has 160 valence electrons. The molecule has 31 heavy (non-hydrogen) atoms. The van der Waals surface area contributed by atoms with Gasteiger partial charge in [-0.15, -0.1) is 0 Å². The van der Waals surface area contributed by atoms with E-state index in [0.717, 1.165) is 28.1 Å². The molecule has 0 aliphatic carbocycles. The number of nitrogens with one attached hydrogen (secondary N) is 1. The average molecular weight is 458 g/mol. The van der Waals surface area contributed by atoms with Crippen LogP contribution in [0.3, 0.4) is 0 Å². The number of sulfonamides is 1. The second-order valence-corrected chi connectivity index (χ2v) is 9.57. The summed E-state index contributed by atoms with van der Waals surface area (Å²) < 4.78 is 31.4. The number of carbonyl (C=O) groups excluding carboxylic acids is 1. The number of ether oxygens (including phenoxy) is 1. The van der Waals surface area contributed by atoms with Crippen molar-refractivity contribution in [2.24, 2.45) is 0 Å². The number of carbonyl (C=O) groups is 1. The fourth-order valence-corrected chi connectivity index (χ4v) is 4.41. The van der Waals surface area contributed by atoms with Crippen LogP contribution in [0.4, 0.5) is 11.4 Å². The summed E-state index contributed by atoms with van der Waals surface area (Å²) in [6.45, 7) is -0.141. The van der Waals surface area contributed by atoms with Crippen LogP contribution in [0.1, 0.15) is 11.1 Å². The van der Waals surface area contributed by atoms with Crippen LogP contribution in [0.2, 0.25) is 5.02 Å². The quantitative estimate of drug-likeness (QED) is 0.633. The maximum atomic E-state index is 12.8.